The fraction of sp³-hybridized carbons (Fsp3) is 0.333. The van der Waals surface area contributed by atoms with E-state index >= 15 is 0 Å². The molecule has 0 saturated heterocycles. The summed E-state index contributed by atoms with van der Waals surface area (Å²) in [6, 6.07) is 13.3. The zero-order valence-corrected chi connectivity index (χ0v) is 18.9. The molecule has 0 radical (unpaired) electrons. The van der Waals surface area contributed by atoms with Crippen LogP contribution in [-0.2, 0) is 4.74 Å². The van der Waals surface area contributed by atoms with Gasteiger partial charge in [-0.15, -0.1) is 0 Å². The Bertz CT molecular complexity index is 1040. The fourth-order valence-corrected chi connectivity index (χ4v) is 3.07. The second-order valence-corrected chi connectivity index (χ2v) is 8.23. The number of pyridine rings is 1. The molecular formula is C24H29N5O3. The first-order valence-corrected chi connectivity index (χ1v) is 10.6. The Kier molecular flexibility index (Phi) is 7.25. The summed E-state index contributed by atoms with van der Waals surface area (Å²) in [5, 5.41) is 7.53. The number of nitrogens with one attached hydrogen (secondary N) is 1. The Morgan fingerprint density at radius 2 is 1.88 bits per heavy atom. The Hall–Kier alpha value is -3.68. The number of hydrogen-bond donors (Lipinski definition) is 1. The third-order valence-electron chi connectivity index (χ3n) is 4.62. The van der Waals surface area contributed by atoms with E-state index in [4.69, 9.17) is 4.74 Å². The van der Waals surface area contributed by atoms with Gasteiger partial charge in [0.15, 0.2) is 0 Å². The number of carbonyl (C=O) groups excluding carboxylic acids is 2. The molecule has 0 fully saturated rings. The molecule has 2 amide bonds. The molecule has 0 atom stereocenters. The van der Waals surface area contributed by atoms with Gasteiger partial charge in [0, 0.05) is 43.8 Å². The highest BCUT2D eigenvalue weighted by Crippen LogP contribution is 2.23. The molecule has 2 aromatic heterocycles. The summed E-state index contributed by atoms with van der Waals surface area (Å²) in [7, 11) is 0. The minimum atomic E-state index is -0.571. The van der Waals surface area contributed by atoms with Gasteiger partial charge in [-0.25, -0.2) is 9.48 Å². The second-order valence-electron chi connectivity index (χ2n) is 8.23. The van der Waals surface area contributed by atoms with Crippen molar-refractivity contribution in [1.82, 2.24) is 25.0 Å². The number of nitrogens with zero attached hydrogens (tertiary/aromatic N) is 4. The highest BCUT2D eigenvalue weighted by Gasteiger charge is 2.22. The number of ether oxygens (including phenoxy) is 1. The molecule has 3 rings (SSSR count). The highest BCUT2D eigenvalue weighted by atomic mass is 16.6. The molecule has 0 aliphatic heterocycles. The van der Waals surface area contributed by atoms with Gasteiger partial charge < -0.3 is 15.0 Å². The number of para-hydroxylation sites is 1. The largest absolute Gasteiger partial charge is 0.444 e. The van der Waals surface area contributed by atoms with Crippen molar-refractivity contribution in [3.05, 3.63) is 66.6 Å². The molecule has 2 heterocycles. The first-order valence-electron chi connectivity index (χ1n) is 10.6. The van der Waals surface area contributed by atoms with Gasteiger partial charge in [-0.1, -0.05) is 18.2 Å². The van der Waals surface area contributed by atoms with E-state index in [1.807, 2.05) is 64.1 Å². The van der Waals surface area contributed by atoms with Crippen molar-refractivity contribution in [3.63, 3.8) is 0 Å². The molecule has 8 heteroatoms. The Morgan fingerprint density at radius 3 is 2.50 bits per heavy atom. The normalized spacial score (nSPS) is 11.1. The molecular weight excluding hydrogens is 406 g/mol. The van der Waals surface area contributed by atoms with Crippen molar-refractivity contribution >= 4 is 12.0 Å². The zero-order valence-electron chi connectivity index (χ0n) is 18.9. The average molecular weight is 436 g/mol. The van der Waals surface area contributed by atoms with Gasteiger partial charge in [0.1, 0.15) is 11.3 Å². The van der Waals surface area contributed by atoms with Crippen LogP contribution in [-0.4, -0.2) is 56.9 Å². The van der Waals surface area contributed by atoms with Crippen molar-refractivity contribution in [3.8, 4) is 16.9 Å². The minimum absolute atomic E-state index is 0.272. The van der Waals surface area contributed by atoms with Crippen LogP contribution in [0.25, 0.3) is 16.9 Å². The maximum absolute atomic E-state index is 13.0. The van der Waals surface area contributed by atoms with E-state index < -0.39 is 11.7 Å². The molecule has 0 unspecified atom stereocenters. The standard InChI is InChI=1S/C24H29N5O3/c1-5-28(23(31)32-24(2,3)4)15-14-26-22(30)20-17-29(19-11-7-6-8-12-19)27-21(20)18-10-9-13-25-16-18/h6-13,16-17H,5,14-15H2,1-4H3,(H,26,30). The molecule has 0 aliphatic rings. The van der Waals surface area contributed by atoms with Crippen molar-refractivity contribution in [2.75, 3.05) is 19.6 Å². The van der Waals surface area contributed by atoms with Crippen molar-refractivity contribution < 1.29 is 14.3 Å². The van der Waals surface area contributed by atoms with Gasteiger partial charge in [0.25, 0.3) is 5.91 Å². The SMILES string of the molecule is CCN(CCNC(=O)c1cn(-c2ccccc2)nc1-c1cccnc1)C(=O)OC(C)(C)C. The van der Waals surface area contributed by atoms with Crippen LogP contribution in [0.2, 0.25) is 0 Å². The average Bonchev–Trinajstić information content (AvgIpc) is 3.22. The zero-order chi connectivity index (χ0) is 23.1. The summed E-state index contributed by atoms with van der Waals surface area (Å²) >= 11 is 0. The van der Waals surface area contributed by atoms with Crippen LogP contribution < -0.4 is 5.32 Å². The number of aromatic nitrogens is 3. The summed E-state index contributed by atoms with van der Waals surface area (Å²) in [6.45, 7) is 8.45. The first-order chi connectivity index (χ1) is 15.3. The van der Waals surface area contributed by atoms with Crippen molar-refractivity contribution in [2.24, 2.45) is 0 Å². The molecule has 1 aromatic carbocycles. The van der Waals surface area contributed by atoms with Crippen molar-refractivity contribution in [1.29, 1.82) is 0 Å². The van der Waals surface area contributed by atoms with Gasteiger partial charge in [-0.05, 0) is 52.0 Å². The van der Waals surface area contributed by atoms with E-state index in [1.165, 1.54) is 0 Å². The molecule has 3 aromatic rings. The predicted octanol–water partition coefficient (Wildman–Crippen LogP) is 3.92. The number of amides is 2. The maximum atomic E-state index is 13.0. The topological polar surface area (TPSA) is 89.4 Å². The Morgan fingerprint density at radius 1 is 1.12 bits per heavy atom. The molecule has 0 bridgehead atoms. The summed E-state index contributed by atoms with van der Waals surface area (Å²) < 4.78 is 7.09. The number of hydrogen-bond acceptors (Lipinski definition) is 5. The van der Waals surface area contributed by atoms with Crippen LogP contribution in [0.5, 0.6) is 0 Å². The highest BCUT2D eigenvalue weighted by molar-refractivity contribution is 5.99. The monoisotopic (exact) mass is 435 g/mol. The predicted molar refractivity (Wildman–Crippen MR) is 123 cm³/mol. The van der Waals surface area contributed by atoms with Crippen LogP contribution in [0.15, 0.2) is 61.1 Å². The van der Waals surface area contributed by atoms with E-state index in [0.717, 1.165) is 11.3 Å². The molecule has 0 aliphatic carbocycles. The molecule has 0 spiro atoms. The third-order valence-corrected chi connectivity index (χ3v) is 4.62. The lowest BCUT2D eigenvalue weighted by molar-refractivity contribution is 0.0261. The van der Waals surface area contributed by atoms with Gasteiger partial charge in [0.05, 0.1) is 11.3 Å². The van der Waals surface area contributed by atoms with E-state index in [1.54, 1.807) is 34.2 Å². The lowest BCUT2D eigenvalue weighted by atomic mass is 10.1. The van der Waals surface area contributed by atoms with E-state index in [9.17, 15) is 9.59 Å². The van der Waals surface area contributed by atoms with Crippen LogP contribution in [0.4, 0.5) is 4.79 Å². The molecule has 8 nitrogen and oxygen atoms in total. The summed E-state index contributed by atoms with van der Waals surface area (Å²) in [6.07, 6.45) is 4.66. The van der Waals surface area contributed by atoms with Gasteiger partial charge >= 0.3 is 6.09 Å². The van der Waals surface area contributed by atoms with Crippen molar-refractivity contribution in [2.45, 2.75) is 33.3 Å². The minimum Gasteiger partial charge on any atom is -0.444 e. The molecule has 32 heavy (non-hydrogen) atoms. The number of carbonyl (C=O) groups is 2. The first kappa shape index (κ1) is 23.0. The number of rotatable bonds is 7. The molecule has 1 N–H and O–H groups in total. The second kappa shape index (κ2) is 10.1. The Labute approximate surface area is 188 Å². The smallest absolute Gasteiger partial charge is 0.410 e. The Balaban J connectivity index is 1.75. The van der Waals surface area contributed by atoms with Crippen LogP contribution >= 0.6 is 0 Å². The third kappa shape index (κ3) is 5.94. The summed E-state index contributed by atoms with van der Waals surface area (Å²) in [4.78, 5) is 31.0. The number of benzene rings is 1. The number of likely N-dealkylation sites (N-methyl/N-ethyl adjacent to an activating group) is 1. The van der Waals surface area contributed by atoms with E-state index in [-0.39, 0.29) is 12.5 Å². The van der Waals surface area contributed by atoms with E-state index in [0.29, 0.717) is 24.3 Å². The van der Waals surface area contributed by atoms with Gasteiger partial charge in [-0.2, -0.15) is 5.10 Å². The van der Waals surface area contributed by atoms with Crippen LogP contribution in [0.3, 0.4) is 0 Å². The van der Waals surface area contributed by atoms with Gasteiger partial charge in [-0.3, -0.25) is 9.78 Å². The summed E-state index contributed by atoms with van der Waals surface area (Å²) in [5.74, 6) is -0.272. The lowest BCUT2D eigenvalue weighted by Crippen LogP contribution is -2.41. The molecule has 168 valence electrons. The lowest BCUT2D eigenvalue weighted by Gasteiger charge is -2.26. The fourth-order valence-electron chi connectivity index (χ4n) is 3.07. The van der Waals surface area contributed by atoms with Crippen LogP contribution in [0, 0.1) is 0 Å². The maximum Gasteiger partial charge on any atom is 0.410 e. The van der Waals surface area contributed by atoms with Gasteiger partial charge in [0.2, 0.25) is 0 Å². The van der Waals surface area contributed by atoms with Crippen LogP contribution in [0.1, 0.15) is 38.1 Å². The quantitative estimate of drug-likeness (QED) is 0.608. The van der Waals surface area contributed by atoms with E-state index in [2.05, 4.69) is 15.4 Å². The molecule has 0 saturated carbocycles. The summed E-state index contributed by atoms with van der Waals surface area (Å²) in [5.41, 5.74) is 1.99.